The summed E-state index contributed by atoms with van der Waals surface area (Å²) in [6, 6.07) is 12.0. The number of carbonyl (C=O) groups is 4. The van der Waals surface area contributed by atoms with Crippen molar-refractivity contribution in [3.63, 3.8) is 0 Å². The van der Waals surface area contributed by atoms with E-state index in [1.807, 2.05) is 47.1 Å². The first-order valence-corrected chi connectivity index (χ1v) is 15.7. The van der Waals surface area contributed by atoms with Gasteiger partial charge in [0.05, 0.1) is 37.1 Å². The van der Waals surface area contributed by atoms with Gasteiger partial charge in [-0.15, -0.1) is 0 Å². The third kappa shape index (κ3) is 7.88. The van der Waals surface area contributed by atoms with Crippen LogP contribution in [0.2, 0.25) is 0 Å². The quantitative estimate of drug-likeness (QED) is 0.414. The van der Waals surface area contributed by atoms with Crippen LogP contribution in [0.3, 0.4) is 0 Å². The fourth-order valence-electron chi connectivity index (χ4n) is 6.21. The van der Waals surface area contributed by atoms with Crippen LogP contribution in [0, 0.1) is 12.8 Å². The zero-order valence-electron chi connectivity index (χ0n) is 25.4. The Morgan fingerprint density at radius 2 is 1.55 bits per heavy atom. The average Bonchev–Trinajstić information content (AvgIpc) is 3.05. The van der Waals surface area contributed by atoms with E-state index in [4.69, 9.17) is 4.74 Å². The van der Waals surface area contributed by atoms with E-state index in [-0.39, 0.29) is 24.3 Å². The average molecular weight is 606 g/mol. The predicted molar refractivity (Wildman–Crippen MR) is 167 cm³/mol. The minimum atomic E-state index is -1.02. The smallest absolute Gasteiger partial charge is 0.320 e. The van der Waals surface area contributed by atoms with Crippen molar-refractivity contribution in [2.75, 3.05) is 62.7 Å². The monoisotopic (exact) mass is 605 g/mol. The molecule has 2 saturated heterocycles. The van der Waals surface area contributed by atoms with Gasteiger partial charge in [-0.1, -0.05) is 49.1 Å². The summed E-state index contributed by atoms with van der Waals surface area (Å²) in [6.07, 6.45) is 4.61. The number of hydrogen-bond donors (Lipinski definition) is 3. The Morgan fingerprint density at radius 3 is 2.20 bits per heavy atom. The number of carboxylic acids is 1. The summed E-state index contributed by atoms with van der Waals surface area (Å²) in [4.78, 5) is 57.3. The van der Waals surface area contributed by atoms with E-state index >= 15 is 0 Å². The summed E-state index contributed by atoms with van der Waals surface area (Å²) >= 11 is 0. The van der Waals surface area contributed by atoms with E-state index in [9.17, 15) is 24.3 Å². The third-order valence-corrected chi connectivity index (χ3v) is 8.83. The molecule has 0 radical (unpaired) electrons. The number of anilines is 2. The second-order valence-corrected chi connectivity index (χ2v) is 11.9. The van der Waals surface area contributed by atoms with Gasteiger partial charge in [-0.3, -0.25) is 14.4 Å². The number of aliphatic carboxylic acids is 1. The highest BCUT2D eigenvalue weighted by Gasteiger charge is 2.29. The van der Waals surface area contributed by atoms with Gasteiger partial charge in [-0.2, -0.15) is 0 Å². The van der Waals surface area contributed by atoms with Crippen LogP contribution in [0.25, 0.3) is 0 Å². The first-order chi connectivity index (χ1) is 21.3. The number of hydrogen-bond acceptors (Lipinski definition) is 6. The van der Waals surface area contributed by atoms with Crippen LogP contribution in [0.5, 0.6) is 0 Å². The third-order valence-electron chi connectivity index (χ3n) is 8.83. The molecule has 11 heteroatoms. The van der Waals surface area contributed by atoms with Gasteiger partial charge in [-0.25, -0.2) is 4.79 Å². The minimum absolute atomic E-state index is 0.0234. The van der Waals surface area contributed by atoms with Crippen molar-refractivity contribution >= 4 is 35.2 Å². The topological polar surface area (TPSA) is 132 Å². The van der Waals surface area contributed by atoms with Crippen LogP contribution >= 0.6 is 0 Å². The first kappa shape index (κ1) is 31.3. The largest absolute Gasteiger partial charge is 0.481 e. The number of piperazine rings is 1. The molecule has 0 aromatic heterocycles. The van der Waals surface area contributed by atoms with E-state index in [2.05, 4.69) is 15.5 Å². The van der Waals surface area contributed by atoms with Gasteiger partial charge in [0, 0.05) is 50.7 Å². The van der Waals surface area contributed by atoms with E-state index in [0.717, 1.165) is 43.4 Å². The Labute approximate surface area is 258 Å². The molecular formula is C33H43N5O6. The maximum Gasteiger partial charge on any atom is 0.320 e. The van der Waals surface area contributed by atoms with Crippen LogP contribution in [0.1, 0.15) is 66.1 Å². The maximum absolute atomic E-state index is 13.5. The number of nitrogens with zero attached hydrogens (tertiary/aromatic N) is 3. The Hall–Kier alpha value is -4.12. The maximum atomic E-state index is 13.5. The summed E-state index contributed by atoms with van der Waals surface area (Å²) in [7, 11) is 0. The summed E-state index contributed by atoms with van der Waals surface area (Å²) < 4.78 is 5.38. The molecule has 4 amide bonds. The van der Waals surface area contributed by atoms with Crippen LogP contribution in [-0.2, 0) is 14.3 Å². The number of ether oxygens (including phenoxy) is 1. The molecule has 1 aliphatic carbocycles. The number of urea groups is 1. The fraction of sp³-hybridized carbons (Fsp3) is 0.515. The summed E-state index contributed by atoms with van der Waals surface area (Å²) in [5, 5.41) is 15.5. The second-order valence-electron chi connectivity index (χ2n) is 11.9. The van der Waals surface area contributed by atoms with Crippen molar-refractivity contribution in [1.82, 2.24) is 15.1 Å². The molecule has 3 aliphatic rings. The molecule has 0 spiro atoms. The summed E-state index contributed by atoms with van der Waals surface area (Å²) in [6.45, 7) is 6.50. The van der Waals surface area contributed by atoms with Crippen molar-refractivity contribution in [3.8, 4) is 0 Å². The molecule has 2 aromatic rings. The van der Waals surface area contributed by atoms with Gasteiger partial charge in [0.2, 0.25) is 5.91 Å². The van der Waals surface area contributed by atoms with Gasteiger partial charge in [0.15, 0.2) is 0 Å². The highest BCUT2D eigenvalue weighted by molar-refractivity contribution is 6.01. The van der Waals surface area contributed by atoms with Crippen molar-refractivity contribution in [1.29, 1.82) is 0 Å². The fourth-order valence-corrected chi connectivity index (χ4v) is 6.21. The van der Waals surface area contributed by atoms with Crippen LogP contribution < -0.4 is 15.5 Å². The van der Waals surface area contributed by atoms with Crippen LogP contribution in [0.15, 0.2) is 42.5 Å². The second kappa shape index (κ2) is 14.6. The van der Waals surface area contributed by atoms with E-state index < -0.39 is 17.9 Å². The van der Waals surface area contributed by atoms with Gasteiger partial charge < -0.3 is 35.2 Å². The lowest BCUT2D eigenvalue weighted by molar-refractivity contribution is -0.137. The SMILES string of the molecule is Cc1ccc(C(CC(=O)O)NC(=O)c2ccc(N3CCN(C(=O)N4CCOCC4)CC3)c(NC(=O)C3CCCCC3)c2)cc1. The van der Waals surface area contributed by atoms with Gasteiger partial charge in [0.1, 0.15) is 0 Å². The highest BCUT2D eigenvalue weighted by atomic mass is 16.5. The molecule has 3 fully saturated rings. The molecule has 1 saturated carbocycles. The molecule has 44 heavy (non-hydrogen) atoms. The Morgan fingerprint density at radius 1 is 0.886 bits per heavy atom. The summed E-state index contributed by atoms with van der Waals surface area (Å²) in [5.41, 5.74) is 3.42. The number of nitrogens with one attached hydrogen (secondary N) is 2. The van der Waals surface area contributed by atoms with Crippen molar-refractivity contribution in [2.45, 2.75) is 51.5 Å². The van der Waals surface area contributed by atoms with Gasteiger partial charge in [0.25, 0.3) is 5.91 Å². The Kier molecular flexibility index (Phi) is 10.4. The standard InChI is InChI=1S/C33H43N5O6/c1-23-7-9-24(10-8-23)27(22-30(39)40)34-32(42)26-11-12-29(28(21-26)35-31(41)25-5-3-2-4-6-25)36-13-15-37(16-14-36)33(43)38-17-19-44-20-18-38/h7-12,21,25,27H,2-6,13-20,22H2,1H3,(H,34,42)(H,35,41)(H,39,40). The van der Waals surface area contributed by atoms with Gasteiger partial charge >= 0.3 is 12.0 Å². The molecule has 5 rings (SSSR count). The molecule has 2 heterocycles. The normalized spacial score (nSPS) is 18.4. The minimum Gasteiger partial charge on any atom is -0.481 e. The molecule has 236 valence electrons. The van der Waals surface area contributed by atoms with Crippen molar-refractivity contribution < 1.29 is 29.0 Å². The number of carboxylic acid groups (broad SMARTS) is 1. The number of aryl methyl sites for hydroxylation is 1. The number of rotatable bonds is 8. The molecule has 11 nitrogen and oxygen atoms in total. The van der Waals surface area contributed by atoms with Crippen LogP contribution in [0.4, 0.5) is 16.2 Å². The number of morpholine rings is 1. The zero-order chi connectivity index (χ0) is 31.1. The van der Waals surface area contributed by atoms with E-state index in [1.54, 1.807) is 12.1 Å². The van der Waals surface area contributed by atoms with E-state index in [1.165, 1.54) is 0 Å². The lowest BCUT2D eigenvalue weighted by Crippen LogP contribution is -2.55. The van der Waals surface area contributed by atoms with Crippen molar-refractivity contribution in [2.24, 2.45) is 5.92 Å². The summed E-state index contributed by atoms with van der Waals surface area (Å²) in [5.74, 6) is -1.55. The first-order valence-electron chi connectivity index (χ1n) is 15.7. The molecule has 0 bridgehead atoms. The van der Waals surface area contributed by atoms with Crippen molar-refractivity contribution in [3.05, 3.63) is 59.2 Å². The lowest BCUT2D eigenvalue weighted by atomic mass is 9.88. The lowest BCUT2D eigenvalue weighted by Gasteiger charge is -2.40. The molecular weight excluding hydrogens is 562 g/mol. The van der Waals surface area contributed by atoms with E-state index in [0.29, 0.717) is 69.3 Å². The highest BCUT2D eigenvalue weighted by Crippen LogP contribution is 2.32. The molecule has 1 unspecified atom stereocenters. The molecule has 2 aromatic carbocycles. The molecule has 1 atom stereocenters. The zero-order valence-corrected chi connectivity index (χ0v) is 25.4. The number of carbonyl (C=O) groups excluding carboxylic acids is 3. The Balaban J connectivity index is 1.34. The predicted octanol–water partition coefficient (Wildman–Crippen LogP) is 4.03. The van der Waals surface area contributed by atoms with Gasteiger partial charge in [-0.05, 0) is 43.5 Å². The molecule has 3 N–H and O–H groups in total. The number of benzene rings is 2. The number of amides is 4. The molecule has 2 aliphatic heterocycles. The van der Waals surface area contributed by atoms with Crippen LogP contribution in [-0.4, -0.2) is 91.2 Å². The Bertz CT molecular complexity index is 1330.